The lowest BCUT2D eigenvalue weighted by Crippen LogP contribution is -2.43. The Morgan fingerprint density at radius 3 is 2.45 bits per heavy atom. The summed E-state index contributed by atoms with van der Waals surface area (Å²) < 4.78 is 59.3. The van der Waals surface area contributed by atoms with Crippen LogP contribution in [0.25, 0.3) is 10.9 Å². The molecule has 4 nitrogen and oxygen atoms in total. The van der Waals surface area contributed by atoms with Gasteiger partial charge in [-0.05, 0) is 62.7 Å². The molecule has 0 unspecified atom stereocenters. The Hall–Kier alpha value is -1.87. The molecule has 4 rings (SSSR count). The van der Waals surface area contributed by atoms with E-state index in [0.29, 0.717) is 28.1 Å². The van der Waals surface area contributed by atoms with Gasteiger partial charge in [0, 0.05) is 21.4 Å². The third-order valence-electron chi connectivity index (χ3n) is 6.17. The second-order valence-electron chi connectivity index (χ2n) is 8.45. The number of halogens is 6. The molecule has 0 spiro atoms. The summed E-state index contributed by atoms with van der Waals surface area (Å²) in [6.07, 6.45) is -3.36. The number of ether oxygens (including phenoxy) is 1. The fourth-order valence-electron chi connectivity index (χ4n) is 4.38. The Bertz CT molecular complexity index is 1130. The smallest absolute Gasteiger partial charge is 0.373 e. The SMILES string of the molecule is C[C@@H](OCC1(c2ccc(F)cc2)CCNCC1)c1cc(Cl)cc2c(Cl)n(CC(F)(F)F)nc12. The number of alkyl halides is 3. The lowest BCUT2D eigenvalue weighted by atomic mass is 9.74. The van der Waals surface area contributed by atoms with Crippen molar-refractivity contribution in [2.75, 3.05) is 19.7 Å². The van der Waals surface area contributed by atoms with Crippen molar-refractivity contribution in [3.05, 3.63) is 63.5 Å². The van der Waals surface area contributed by atoms with Crippen LogP contribution in [0.4, 0.5) is 17.6 Å². The van der Waals surface area contributed by atoms with Gasteiger partial charge in [0.15, 0.2) is 0 Å². The summed E-state index contributed by atoms with van der Waals surface area (Å²) in [6.45, 7) is 2.46. The molecule has 0 aliphatic carbocycles. The van der Waals surface area contributed by atoms with E-state index < -0.39 is 18.8 Å². The van der Waals surface area contributed by atoms with E-state index in [1.807, 2.05) is 0 Å². The molecular formula is C23H23Cl2F4N3O. The van der Waals surface area contributed by atoms with Crippen LogP contribution < -0.4 is 5.32 Å². The molecule has 1 aromatic heterocycles. The Balaban J connectivity index is 1.63. The molecule has 0 bridgehead atoms. The molecule has 178 valence electrons. The van der Waals surface area contributed by atoms with Crippen molar-refractivity contribution in [3.8, 4) is 0 Å². The van der Waals surface area contributed by atoms with Crippen molar-refractivity contribution >= 4 is 34.1 Å². The predicted molar refractivity (Wildman–Crippen MR) is 120 cm³/mol. The lowest BCUT2D eigenvalue weighted by Gasteiger charge is -2.38. The maximum Gasteiger partial charge on any atom is 0.408 e. The van der Waals surface area contributed by atoms with Crippen LogP contribution in [0.5, 0.6) is 0 Å². The number of nitrogens with zero attached hydrogens (tertiary/aromatic N) is 2. The third kappa shape index (κ3) is 5.29. The number of rotatable bonds is 6. The van der Waals surface area contributed by atoms with Crippen LogP contribution in [0.1, 0.15) is 37.0 Å². The third-order valence-corrected chi connectivity index (χ3v) is 6.78. The number of hydrogen-bond donors (Lipinski definition) is 1. The van der Waals surface area contributed by atoms with Crippen molar-refractivity contribution in [2.45, 2.75) is 44.0 Å². The van der Waals surface area contributed by atoms with Gasteiger partial charge in [-0.3, -0.25) is 0 Å². The zero-order valence-corrected chi connectivity index (χ0v) is 19.4. The molecule has 1 N–H and O–H groups in total. The molecule has 0 saturated carbocycles. The molecule has 1 aliphatic heterocycles. The van der Waals surface area contributed by atoms with E-state index in [9.17, 15) is 17.6 Å². The molecule has 2 aromatic carbocycles. The zero-order valence-electron chi connectivity index (χ0n) is 17.9. The normalized spacial score (nSPS) is 17.4. The number of nitrogens with one attached hydrogen (secondary N) is 1. The molecule has 10 heteroatoms. The summed E-state index contributed by atoms with van der Waals surface area (Å²) in [5.41, 5.74) is 1.57. The number of hydrogen-bond acceptors (Lipinski definition) is 3. The summed E-state index contributed by atoms with van der Waals surface area (Å²) >= 11 is 12.4. The van der Waals surface area contributed by atoms with Crippen molar-refractivity contribution < 1.29 is 22.3 Å². The van der Waals surface area contributed by atoms with Crippen LogP contribution in [-0.4, -0.2) is 35.7 Å². The Morgan fingerprint density at radius 2 is 1.82 bits per heavy atom. The van der Waals surface area contributed by atoms with Gasteiger partial charge < -0.3 is 10.1 Å². The average molecular weight is 504 g/mol. The maximum atomic E-state index is 13.5. The molecule has 0 amide bonds. The summed E-state index contributed by atoms with van der Waals surface area (Å²) in [7, 11) is 0. The fraction of sp³-hybridized carbons (Fsp3) is 0.435. The van der Waals surface area contributed by atoms with Gasteiger partial charge in [0.05, 0.1) is 18.2 Å². The van der Waals surface area contributed by atoms with E-state index in [0.717, 1.165) is 36.2 Å². The molecule has 1 fully saturated rings. The molecule has 33 heavy (non-hydrogen) atoms. The highest BCUT2D eigenvalue weighted by Gasteiger charge is 2.35. The van der Waals surface area contributed by atoms with Gasteiger partial charge in [0.25, 0.3) is 0 Å². The van der Waals surface area contributed by atoms with Crippen molar-refractivity contribution in [2.24, 2.45) is 0 Å². The minimum absolute atomic E-state index is 0.126. The Morgan fingerprint density at radius 1 is 1.15 bits per heavy atom. The number of fused-ring (bicyclic) bond motifs is 1. The lowest BCUT2D eigenvalue weighted by molar-refractivity contribution is -0.142. The van der Waals surface area contributed by atoms with Gasteiger partial charge in [0.1, 0.15) is 17.5 Å². The molecule has 3 aromatic rings. The van der Waals surface area contributed by atoms with Gasteiger partial charge >= 0.3 is 6.18 Å². The van der Waals surface area contributed by atoms with E-state index >= 15 is 0 Å². The molecular weight excluding hydrogens is 481 g/mol. The standard InChI is InChI=1S/C23H23Cl2F4N3O/c1-14(33-13-22(6-8-30-9-7-22)15-2-4-17(26)5-3-15)18-10-16(24)11-19-20(18)31-32(21(19)25)12-23(27,28)29/h2-5,10-11,14,30H,6-9,12-13H2,1H3/t14-/m1/s1. The first-order chi connectivity index (χ1) is 15.6. The van der Waals surface area contributed by atoms with Crippen LogP contribution in [0.15, 0.2) is 36.4 Å². The minimum Gasteiger partial charge on any atom is -0.373 e. The highest BCUT2D eigenvalue weighted by molar-refractivity contribution is 6.36. The Kier molecular flexibility index (Phi) is 6.92. The van der Waals surface area contributed by atoms with Crippen LogP contribution >= 0.6 is 23.2 Å². The second kappa shape index (κ2) is 9.41. The van der Waals surface area contributed by atoms with Crippen molar-refractivity contribution in [1.29, 1.82) is 0 Å². The number of aromatic nitrogens is 2. The molecule has 1 atom stereocenters. The topological polar surface area (TPSA) is 39.1 Å². The molecule has 2 heterocycles. The largest absolute Gasteiger partial charge is 0.408 e. The summed E-state index contributed by atoms with van der Waals surface area (Å²) in [4.78, 5) is 0. The summed E-state index contributed by atoms with van der Waals surface area (Å²) in [6, 6.07) is 9.59. The fourth-order valence-corrected chi connectivity index (χ4v) is 4.84. The highest BCUT2D eigenvalue weighted by Crippen LogP contribution is 2.38. The predicted octanol–water partition coefficient (Wildman–Crippen LogP) is 6.44. The minimum atomic E-state index is -4.46. The van der Waals surface area contributed by atoms with E-state index in [2.05, 4.69) is 10.4 Å². The first kappa shape index (κ1) is 24.3. The average Bonchev–Trinajstić information content (AvgIpc) is 3.06. The van der Waals surface area contributed by atoms with Crippen LogP contribution in [0.3, 0.4) is 0 Å². The van der Waals surface area contributed by atoms with Crippen LogP contribution in [-0.2, 0) is 16.7 Å². The van der Waals surface area contributed by atoms with Gasteiger partial charge in [-0.15, -0.1) is 0 Å². The van der Waals surface area contributed by atoms with Crippen LogP contribution in [0.2, 0.25) is 10.2 Å². The van der Waals surface area contributed by atoms with Gasteiger partial charge in [-0.2, -0.15) is 18.3 Å². The van der Waals surface area contributed by atoms with Gasteiger partial charge in [-0.25, -0.2) is 9.07 Å². The highest BCUT2D eigenvalue weighted by atomic mass is 35.5. The molecule has 1 aliphatic rings. The van der Waals surface area contributed by atoms with Crippen molar-refractivity contribution in [3.63, 3.8) is 0 Å². The summed E-state index contributed by atoms with van der Waals surface area (Å²) in [5, 5.41) is 7.99. The first-order valence-corrected chi connectivity index (χ1v) is 11.3. The molecule has 0 radical (unpaired) electrons. The molecule has 1 saturated heterocycles. The van der Waals surface area contributed by atoms with Crippen molar-refractivity contribution in [1.82, 2.24) is 15.1 Å². The Labute approximate surface area is 198 Å². The first-order valence-electron chi connectivity index (χ1n) is 10.6. The van der Waals surface area contributed by atoms with E-state index in [-0.39, 0.29) is 16.4 Å². The number of piperidine rings is 1. The summed E-state index contributed by atoms with van der Waals surface area (Å²) in [5.74, 6) is -0.301. The van der Waals surface area contributed by atoms with Gasteiger partial charge in [-0.1, -0.05) is 35.3 Å². The van der Waals surface area contributed by atoms with Crippen LogP contribution in [0, 0.1) is 5.82 Å². The second-order valence-corrected chi connectivity index (χ2v) is 9.24. The number of benzene rings is 2. The zero-order chi connectivity index (χ0) is 23.8. The van der Waals surface area contributed by atoms with E-state index in [4.69, 9.17) is 27.9 Å². The maximum absolute atomic E-state index is 13.5. The van der Waals surface area contributed by atoms with E-state index in [1.165, 1.54) is 18.2 Å². The van der Waals surface area contributed by atoms with E-state index in [1.54, 1.807) is 25.1 Å². The van der Waals surface area contributed by atoms with Gasteiger partial charge in [0.2, 0.25) is 0 Å². The monoisotopic (exact) mass is 503 g/mol. The quantitative estimate of drug-likeness (QED) is 0.393.